The predicted octanol–water partition coefficient (Wildman–Crippen LogP) is 15.9. The monoisotopic (exact) mass is 1270 g/mol. The Morgan fingerprint density at radius 1 is 0.362 bits per heavy atom. The molecule has 0 fully saturated rings. The number of rotatable bonds is 2. The SMILES string of the molecule is Cc1ccc(C(C)C)cc1.Cc1ccc(C(C)C)cc1.ClC(Cl)Cl.ClC(Cl)Cl.[Cl-].[Ru+2].[Ru+2].[S-]c1cc(Cl)cc(Cl)c1.[S-]c1cc(Cl)cc(Cl)c1.[S-]c1cc(Cl)cc(Cl)c1. The van der Waals surface area contributed by atoms with Gasteiger partial charge in [-0.25, -0.2) is 0 Å². The topological polar surface area (TPSA) is 0 Å². The fourth-order valence-electron chi connectivity index (χ4n) is 3.49. The maximum absolute atomic E-state index is 5.60. The Bertz CT molecular complexity index is 1440. The van der Waals surface area contributed by atoms with Crippen molar-refractivity contribution in [3.63, 3.8) is 0 Å². The van der Waals surface area contributed by atoms with Crippen LogP contribution in [0.2, 0.25) is 30.1 Å². The van der Waals surface area contributed by atoms with E-state index in [1.54, 1.807) is 54.6 Å². The van der Waals surface area contributed by atoms with Crippen LogP contribution < -0.4 is 12.4 Å². The van der Waals surface area contributed by atoms with E-state index in [9.17, 15) is 0 Å². The molecule has 18 heteroatoms. The van der Waals surface area contributed by atoms with Crippen molar-refractivity contribution in [2.75, 3.05) is 0 Å². The van der Waals surface area contributed by atoms with Gasteiger partial charge in [0.25, 0.3) is 0 Å². The summed E-state index contributed by atoms with van der Waals surface area (Å²) in [6.45, 7) is 13.1. The van der Waals surface area contributed by atoms with Gasteiger partial charge in [-0.3, -0.25) is 0 Å². The van der Waals surface area contributed by atoms with Crippen molar-refractivity contribution < 1.29 is 51.4 Å². The van der Waals surface area contributed by atoms with Crippen LogP contribution in [0.5, 0.6) is 0 Å². The van der Waals surface area contributed by atoms with Crippen molar-refractivity contribution in [1.82, 2.24) is 0 Å². The van der Waals surface area contributed by atoms with Gasteiger partial charge in [-0.2, -0.15) is 14.7 Å². The van der Waals surface area contributed by atoms with Gasteiger partial charge < -0.3 is 50.3 Å². The van der Waals surface area contributed by atoms with Gasteiger partial charge in [-0.1, -0.05) is 263 Å². The van der Waals surface area contributed by atoms with Gasteiger partial charge >= 0.3 is 39.0 Å². The summed E-state index contributed by atoms with van der Waals surface area (Å²) in [7, 11) is 0. The van der Waals surface area contributed by atoms with E-state index in [-0.39, 0.29) is 51.4 Å². The average molecular weight is 1280 g/mol. The fraction of sp³-hybridized carbons (Fsp3) is 0.250. The summed E-state index contributed by atoms with van der Waals surface area (Å²) in [4.78, 5) is 2.02. The van der Waals surface area contributed by atoms with Gasteiger partial charge in [0.2, 0.25) is 0 Å². The first-order valence-corrected chi connectivity index (χ1v) is 21.9. The van der Waals surface area contributed by atoms with E-state index in [1.807, 2.05) is 0 Å². The zero-order chi connectivity index (χ0) is 42.8. The third kappa shape index (κ3) is 43.0. The number of hydrogen-bond acceptors (Lipinski definition) is 3. The molecule has 0 saturated heterocycles. The number of hydrogen-bond donors (Lipinski definition) is 0. The molecule has 0 N–H and O–H groups in total. The summed E-state index contributed by atoms with van der Waals surface area (Å²) in [5, 5.41) is 3.54. The molecule has 0 unspecified atom stereocenters. The molecule has 0 aromatic heterocycles. The van der Waals surface area contributed by atoms with E-state index in [0.717, 1.165) is 0 Å². The summed E-state index contributed by atoms with van der Waals surface area (Å²) < 4.78 is -1.50. The Kier molecular flexibility index (Phi) is 47.8. The average Bonchev–Trinajstić information content (AvgIpc) is 3.00. The first kappa shape index (κ1) is 68.8. The summed E-state index contributed by atoms with van der Waals surface area (Å²) in [6, 6.07) is 32.5. The van der Waals surface area contributed by atoms with E-state index < -0.39 is 8.59 Å². The molecule has 0 saturated carbocycles. The summed E-state index contributed by atoms with van der Waals surface area (Å²) in [5.41, 5.74) is 5.52. The van der Waals surface area contributed by atoms with Crippen molar-refractivity contribution >= 4 is 177 Å². The normalized spacial score (nSPS) is 9.28. The Morgan fingerprint density at radius 2 is 0.517 bits per heavy atom. The minimum absolute atomic E-state index is 0. The molecule has 5 rings (SSSR count). The molecule has 0 spiro atoms. The second-order valence-corrected chi connectivity index (χ2v) is 19.4. The van der Waals surface area contributed by atoms with Gasteiger partial charge in [-0.15, -0.1) is 0 Å². The summed E-state index contributed by atoms with van der Waals surface area (Å²) >= 11 is 76.9. The molecule has 5 aromatic rings. The van der Waals surface area contributed by atoms with Gasteiger partial charge in [0.05, 0.1) is 0 Å². The third-order valence-electron chi connectivity index (χ3n) is 6.00. The molecule has 5 aromatic carbocycles. The van der Waals surface area contributed by atoms with Gasteiger partial charge in [-0.05, 0) is 55.0 Å². The molecule has 0 aliphatic carbocycles. The largest absolute Gasteiger partial charge is 2.00 e. The zero-order valence-electron chi connectivity index (χ0n) is 31.5. The van der Waals surface area contributed by atoms with E-state index in [0.29, 0.717) is 56.7 Å². The fourth-order valence-corrected chi connectivity index (χ4v) is 6.22. The van der Waals surface area contributed by atoms with Crippen LogP contribution in [0.4, 0.5) is 0 Å². The van der Waals surface area contributed by atoms with Crippen molar-refractivity contribution in [3.8, 4) is 0 Å². The van der Waals surface area contributed by atoms with Crippen LogP contribution in [0.25, 0.3) is 0 Å². The van der Waals surface area contributed by atoms with Crippen LogP contribution in [-0.4, -0.2) is 8.59 Å². The van der Waals surface area contributed by atoms with Crippen molar-refractivity contribution in [2.24, 2.45) is 0 Å². The van der Waals surface area contributed by atoms with Crippen molar-refractivity contribution in [3.05, 3.63) is 156 Å². The van der Waals surface area contributed by atoms with Crippen molar-refractivity contribution in [1.29, 1.82) is 0 Å². The Labute approximate surface area is 454 Å². The zero-order valence-corrected chi connectivity index (χ0v) is 47.2. The van der Waals surface area contributed by atoms with Crippen LogP contribution in [0, 0.1) is 13.8 Å². The van der Waals surface area contributed by atoms with E-state index in [2.05, 4.69) is 90.1 Å². The first-order chi connectivity index (χ1) is 25.4. The maximum Gasteiger partial charge on any atom is 2.00 e. The number of alkyl halides is 6. The van der Waals surface area contributed by atoms with Crippen LogP contribution >= 0.6 is 139 Å². The molecule has 0 amide bonds. The molecular formula is C40H39Cl13Ru2S3. The van der Waals surface area contributed by atoms with Gasteiger partial charge in [0, 0.05) is 30.1 Å². The number of aryl methyl sites for hydroxylation is 2. The predicted molar refractivity (Wildman–Crippen MR) is 260 cm³/mol. The quantitative estimate of drug-likeness (QED) is 0.0982. The number of benzene rings is 5. The van der Waals surface area contributed by atoms with Crippen LogP contribution in [0.3, 0.4) is 0 Å². The second-order valence-electron chi connectivity index (χ2n) is 11.4. The molecule has 0 aliphatic heterocycles. The van der Waals surface area contributed by atoms with E-state index in [4.69, 9.17) is 177 Å². The molecular weight excluding hydrogens is 1240 g/mol. The van der Waals surface area contributed by atoms with Crippen molar-refractivity contribution in [2.45, 2.75) is 76.7 Å². The molecule has 0 heterocycles. The molecule has 0 radical (unpaired) electrons. The minimum Gasteiger partial charge on any atom is -1.00 e. The smallest absolute Gasteiger partial charge is 1.00 e. The molecule has 0 bridgehead atoms. The molecule has 324 valence electrons. The third-order valence-corrected chi connectivity index (χ3v) is 8.01. The second kappa shape index (κ2) is 40.3. The first-order valence-electron chi connectivity index (χ1n) is 15.8. The molecule has 0 aliphatic rings. The van der Waals surface area contributed by atoms with Gasteiger partial charge in [0.15, 0.2) is 8.59 Å². The Balaban J connectivity index is -0.000000191. The van der Waals surface area contributed by atoms with E-state index in [1.165, 1.54) is 22.3 Å². The molecule has 0 atom stereocenters. The molecule has 0 nitrogen and oxygen atoms in total. The van der Waals surface area contributed by atoms with Gasteiger partial charge in [0.1, 0.15) is 0 Å². The summed E-state index contributed by atoms with van der Waals surface area (Å²) in [6.07, 6.45) is 0. The Morgan fingerprint density at radius 3 is 0.638 bits per heavy atom. The minimum atomic E-state index is -0.750. The standard InChI is InChI=1S/2C10H14.3C6H4Cl2S.2CHCl3.ClH.2Ru/c2*1-8(2)10-6-4-9(3)5-7-10;3*7-4-1-5(8)3-6(9)2-4;2*2-1(3)4;;;/h2*4-8H,1-3H3;3*1-3,9H;2*1H;1H;;/q;;;;;;;;2*+2/p-4. The Hall–Kier alpha value is 1.78. The maximum atomic E-state index is 5.60. The van der Waals surface area contributed by atoms with Crippen LogP contribution in [-0.2, 0) is 76.8 Å². The van der Waals surface area contributed by atoms with Crippen LogP contribution in [0.1, 0.15) is 61.8 Å². The number of halogens is 13. The summed E-state index contributed by atoms with van der Waals surface area (Å²) in [5.74, 6) is 1.31. The van der Waals surface area contributed by atoms with Crippen LogP contribution in [0.15, 0.2) is 118 Å². The van der Waals surface area contributed by atoms with E-state index >= 15 is 0 Å². The molecule has 58 heavy (non-hydrogen) atoms.